The fraction of sp³-hybridized carbons (Fsp3) is 0.833. The van der Waals surface area contributed by atoms with E-state index in [9.17, 15) is 0 Å². The molecule has 1 saturated carbocycles. The van der Waals surface area contributed by atoms with Gasteiger partial charge in [0.05, 0.1) is 0 Å². The third-order valence-electron chi connectivity index (χ3n) is 3.20. The Labute approximate surface area is 107 Å². The van der Waals surface area contributed by atoms with Gasteiger partial charge < -0.3 is 9.73 Å². The number of nitrogens with zero attached hydrogens (tertiary/aromatic N) is 2. The van der Waals surface area contributed by atoms with E-state index in [-0.39, 0.29) is 0 Å². The highest BCUT2D eigenvalue weighted by Crippen LogP contribution is 2.23. The highest BCUT2D eigenvalue weighted by atomic mass is 32.2. The van der Waals surface area contributed by atoms with Crippen molar-refractivity contribution < 1.29 is 4.42 Å². The molecular formula is C12H21N3OS. The highest BCUT2D eigenvalue weighted by Gasteiger charge is 2.17. The molecule has 0 radical (unpaired) electrons. The Kier molecular flexibility index (Phi) is 4.86. The zero-order valence-electron chi connectivity index (χ0n) is 10.6. The van der Waals surface area contributed by atoms with Crippen LogP contribution in [0, 0.1) is 12.8 Å². The molecule has 0 spiro atoms. The Morgan fingerprint density at radius 2 is 2.29 bits per heavy atom. The monoisotopic (exact) mass is 255 g/mol. The van der Waals surface area contributed by atoms with Crippen molar-refractivity contribution in [1.82, 2.24) is 15.5 Å². The van der Waals surface area contributed by atoms with Crippen molar-refractivity contribution in [1.29, 1.82) is 0 Å². The number of aromatic nitrogens is 2. The highest BCUT2D eigenvalue weighted by molar-refractivity contribution is 7.99. The molecule has 17 heavy (non-hydrogen) atoms. The number of thioether (sulfide) groups is 1. The summed E-state index contributed by atoms with van der Waals surface area (Å²) >= 11 is 1.63. The van der Waals surface area contributed by atoms with Crippen LogP contribution >= 0.6 is 11.8 Å². The summed E-state index contributed by atoms with van der Waals surface area (Å²) in [5, 5.41) is 12.1. The van der Waals surface area contributed by atoms with Gasteiger partial charge in [0, 0.05) is 25.3 Å². The van der Waals surface area contributed by atoms with Gasteiger partial charge in [-0.1, -0.05) is 31.5 Å². The molecule has 1 aliphatic carbocycles. The average Bonchev–Trinajstić information content (AvgIpc) is 2.71. The van der Waals surface area contributed by atoms with Gasteiger partial charge in [-0.05, 0) is 18.8 Å². The molecule has 96 valence electrons. The molecular weight excluding hydrogens is 234 g/mol. The molecule has 0 bridgehead atoms. The maximum Gasteiger partial charge on any atom is 0.276 e. The normalized spacial score (nSPS) is 25.1. The molecule has 1 aromatic heterocycles. The van der Waals surface area contributed by atoms with Gasteiger partial charge in [-0.3, -0.25) is 0 Å². The largest absolute Gasteiger partial charge is 0.416 e. The summed E-state index contributed by atoms with van der Waals surface area (Å²) in [6.07, 6.45) is 5.42. The summed E-state index contributed by atoms with van der Waals surface area (Å²) in [6, 6.07) is 0.712. The van der Waals surface area contributed by atoms with Crippen LogP contribution in [0.2, 0.25) is 0 Å². The minimum absolute atomic E-state index is 0.640. The lowest BCUT2D eigenvalue weighted by molar-refractivity contribution is 0.306. The molecule has 0 aliphatic heterocycles. The average molecular weight is 255 g/mol. The van der Waals surface area contributed by atoms with Crippen LogP contribution < -0.4 is 5.32 Å². The van der Waals surface area contributed by atoms with Gasteiger partial charge >= 0.3 is 0 Å². The number of hydrogen-bond donors (Lipinski definition) is 1. The molecule has 2 unspecified atom stereocenters. The first kappa shape index (κ1) is 12.9. The molecule has 1 N–H and O–H groups in total. The maximum atomic E-state index is 5.31. The van der Waals surface area contributed by atoms with Crippen LogP contribution in [0.25, 0.3) is 0 Å². The number of hydrogen-bond acceptors (Lipinski definition) is 5. The van der Waals surface area contributed by atoms with Crippen molar-refractivity contribution in [2.75, 3.05) is 12.3 Å². The Morgan fingerprint density at radius 3 is 3.00 bits per heavy atom. The fourth-order valence-electron chi connectivity index (χ4n) is 2.36. The lowest BCUT2D eigenvalue weighted by atomic mass is 9.87. The lowest BCUT2D eigenvalue weighted by Gasteiger charge is -2.27. The minimum atomic E-state index is 0.640. The van der Waals surface area contributed by atoms with E-state index in [0.717, 1.165) is 18.2 Å². The van der Waals surface area contributed by atoms with Gasteiger partial charge in [0.15, 0.2) is 0 Å². The van der Waals surface area contributed by atoms with E-state index in [0.29, 0.717) is 17.2 Å². The summed E-state index contributed by atoms with van der Waals surface area (Å²) in [5.74, 6) is 2.51. The van der Waals surface area contributed by atoms with Crippen LogP contribution in [0.15, 0.2) is 9.64 Å². The van der Waals surface area contributed by atoms with E-state index in [1.807, 2.05) is 6.92 Å². The third-order valence-corrected chi connectivity index (χ3v) is 4.02. The molecule has 1 aromatic rings. The van der Waals surface area contributed by atoms with Crippen molar-refractivity contribution in [3.8, 4) is 0 Å². The summed E-state index contributed by atoms with van der Waals surface area (Å²) in [5.41, 5.74) is 0. The molecule has 0 aromatic carbocycles. The molecule has 0 saturated heterocycles. The smallest absolute Gasteiger partial charge is 0.276 e. The summed E-state index contributed by atoms with van der Waals surface area (Å²) in [6.45, 7) is 5.19. The van der Waals surface area contributed by atoms with Crippen LogP contribution in [-0.4, -0.2) is 28.5 Å². The first-order valence-electron chi connectivity index (χ1n) is 6.40. The van der Waals surface area contributed by atoms with Crippen molar-refractivity contribution >= 4 is 11.8 Å². The second kappa shape index (κ2) is 6.40. The number of aryl methyl sites for hydroxylation is 1. The van der Waals surface area contributed by atoms with Crippen molar-refractivity contribution in [3.05, 3.63) is 5.89 Å². The quantitative estimate of drug-likeness (QED) is 0.647. The zero-order chi connectivity index (χ0) is 12.1. The second-order valence-electron chi connectivity index (χ2n) is 4.86. The predicted molar refractivity (Wildman–Crippen MR) is 69.2 cm³/mol. The molecule has 1 aliphatic rings. The third kappa shape index (κ3) is 4.32. The molecule has 0 amide bonds. The van der Waals surface area contributed by atoms with E-state index in [1.54, 1.807) is 11.8 Å². The minimum Gasteiger partial charge on any atom is -0.416 e. The maximum absolute atomic E-state index is 5.31. The Bertz CT molecular complexity index is 342. The standard InChI is InChI=1S/C12H21N3OS/c1-9-4-3-5-11(8-9)13-6-7-17-12-15-14-10(2)16-12/h9,11,13H,3-8H2,1-2H3. The first-order chi connectivity index (χ1) is 8.24. The van der Waals surface area contributed by atoms with E-state index < -0.39 is 0 Å². The van der Waals surface area contributed by atoms with Crippen molar-refractivity contribution in [3.63, 3.8) is 0 Å². The van der Waals surface area contributed by atoms with Gasteiger partial charge in [-0.25, -0.2) is 0 Å². The summed E-state index contributed by atoms with van der Waals surface area (Å²) in [4.78, 5) is 0. The Hall–Kier alpha value is -0.550. The van der Waals surface area contributed by atoms with Gasteiger partial charge in [0.25, 0.3) is 5.22 Å². The van der Waals surface area contributed by atoms with Crippen LogP contribution in [-0.2, 0) is 0 Å². The summed E-state index contributed by atoms with van der Waals surface area (Å²) < 4.78 is 5.31. The fourth-order valence-corrected chi connectivity index (χ4v) is 3.03. The van der Waals surface area contributed by atoms with Crippen LogP contribution in [0.5, 0.6) is 0 Å². The van der Waals surface area contributed by atoms with Crippen LogP contribution in [0.4, 0.5) is 0 Å². The van der Waals surface area contributed by atoms with E-state index >= 15 is 0 Å². The topological polar surface area (TPSA) is 51.0 Å². The number of rotatable bonds is 5. The van der Waals surface area contributed by atoms with E-state index in [2.05, 4.69) is 22.4 Å². The van der Waals surface area contributed by atoms with Crippen molar-refractivity contribution in [2.45, 2.75) is 50.8 Å². The van der Waals surface area contributed by atoms with E-state index in [4.69, 9.17) is 4.42 Å². The van der Waals surface area contributed by atoms with Crippen LogP contribution in [0.3, 0.4) is 0 Å². The van der Waals surface area contributed by atoms with Gasteiger partial charge in [0.2, 0.25) is 5.89 Å². The predicted octanol–water partition coefficient (Wildman–Crippen LogP) is 2.64. The van der Waals surface area contributed by atoms with Crippen LogP contribution in [0.1, 0.15) is 38.5 Å². The molecule has 5 heteroatoms. The molecule has 4 nitrogen and oxygen atoms in total. The first-order valence-corrected chi connectivity index (χ1v) is 7.39. The second-order valence-corrected chi connectivity index (χ2v) is 5.90. The van der Waals surface area contributed by atoms with Crippen molar-refractivity contribution in [2.24, 2.45) is 5.92 Å². The zero-order valence-corrected chi connectivity index (χ0v) is 11.4. The SMILES string of the molecule is Cc1nnc(SCCNC2CCCC(C)C2)o1. The van der Waals surface area contributed by atoms with Gasteiger partial charge in [-0.2, -0.15) is 0 Å². The van der Waals surface area contributed by atoms with Gasteiger partial charge in [-0.15, -0.1) is 10.2 Å². The summed E-state index contributed by atoms with van der Waals surface area (Å²) in [7, 11) is 0. The molecule has 2 atom stereocenters. The van der Waals surface area contributed by atoms with E-state index in [1.165, 1.54) is 25.7 Å². The molecule has 1 heterocycles. The Morgan fingerprint density at radius 1 is 1.41 bits per heavy atom. The molecule has 1 fully saturated rings. The molecule has 2 rings (SSSR count). The number of nitrogens with one attached hydrogen (secondary N) is 1. The Balaban J connectivity index is 1.59. The lowest BCUT2D eigenvalue weighted by Crippen LogP contribution is -2.34. The van der Waals surface area contributed by atoms with Gasteiger partial charge in [0.1, 0.15) is 0 Å².